The van der Waals surface area contributed by atoms with Crippen LogP contribution >= 0.6 is 0 Å². The van der Waals surface area contributed by atoms with Gasteiger partial charge in [0.15, 0.2) is 5.60 Å². The molecule has 0 bridgehead atoms. The standard InChI is InChI=1S/C18H22O3/c1-13-5-7-14(8-6-13)17-11-3-2-4-12-18(17,21-17)16(19)20-15-9-10-15/h5-8,15H,2-4,9-12H2,1H3. The van der Waals surface area contributed by atoms with Crippen molar-refractivity contribution in [2.75, 3.05) is 0 Å². The Morgan fingerprint density at radius 2 is 1.86 bits per heavy atom. The van der Waals surface area contributed by atoms with E-state index in [2.05, 4.69) is 31.2 Å². The highest BCUT2D eigenvalue weighted by atomic mass is 16.7. The first-order valence-corrected chi connectivity index (χ1v) is 8.15. The maximum atomic E-state index is 12.7. The van der Waals surface area contributed by atoms with Gasteiger partial charge in [-0.2, -0.15) is 0 Å². The van der Waals surface area contributed by atoms with Crippen LogP contribution in [0.3, 0.4) is 0 Å². The quantitative estimate of drug-likeness (QED) is 0.629. The van der Waals surface area contributed by atoms with Crippen LogP contribution in [0.1, 0.15) is 56.1 Å². The topological polar surface area (TPSA) is 38.8 Å². The van der Waals surface area contributed by atoms with Crippen LogP contribution in [-0.4, -0.2) is 17.7 Å². The van der Waals surface area contributed by atoms with Crippen LogP contribution in [0.5, 0.6) is 0 Å². The first-order valence-electron chi connectivity index (χ1n) is 8.15. The number of aryl methyl sites for hydroxylation is 1. The van der Waals surface area contributed by atoms with Crippen molar-refractivity contribution >= 4 is 5.97 Å². The lowest BCUT2D eigenvalue weighted by Crippen LogP contribution is -2.34. The van der Waals surface area contributed by atoms with E-state index < -0.39 is 11.2 Å². The van der Waals surface area contributed by atoms with Gasteiger partial charge in [-0.05, 0) is 44.6 Å². The van der Waals surface area contributed by atoms with Crippen LogP contribution in [0.15, 0.2) is 24.3 Å². The highest BCUT2D eigenvalue weighted by Crippen LogP contribution is 2.63. The van der Waals surface area contributed by atoms with Gasteiger partial charge in [-0.15, -0.1) is 0 Å². The Kier molecular flexibility index (Phi) is 2.90. The van der Waals surface area contributed by atoms with E-state index in [-0.39, 0.29) is 12.1 Å². The molecule has 3 aliphatic rings. The van der Waals surface area contributed by atoms with Gasteiger partial charge in [0.1, 0.15) is 11.7 Å². The lowest BCUT2D eigenvalue weighted by atomic mass is 9.82. The largest absolute Gasteiger partial charge is 0.460 e. The van der Waals surface area contributed by atoms with Gasteiger partial charge in [0, 0.05) is 0 Å². The van der Waals surface area contributed by atoms with Crippen LogP contribution in [0, 0.1) is 6.92 Å². The molecule has 2 aliphatic carbocycles. The lowest BCUT2D eigenvalue weighted by Gasteiger charge is -2.17. The van der Waals surface area contributed by atoms with Crippen LogP contribution in [0.4, 0.5) is 0 Å². The third kappa shape index (κ3) is 2.02. The van der Waals surface area contributed by atoms with Gasteiger partial charge in [-0.25, -0.2) is 4.79 Å². The molecule has 4 rings (SSSR count). The summed E-state index contributed by atoms with van der Waals surface area (Å²) >= 11 is 0. The minimum atomic E-state index is -0.707. The molecule has 1 aromatic carbocycles. The second-order valence-corrected chi connectivity index (χ2v) is 6.79. The van der Waals surface area contributed by atoms with Crippen molar-refractivity contribution in [2.45, 2.75) is 69.2 Å². The predicted octanol–water partition coefficient (Wildman–Crippen LogP) is 3.63. The van der Waals surface area contributed by atoms with E-state index in [0.29, 0.717) is 0 Å². The number of carbonyl (C=O) groups excluding carboxylic acids is 1. The molecule has 2 atom stereocenters. The minimum absolute atomic E-state index is 0.118. The van der Waals surface area contributed by atoms with Gasteiger partial charge in [0.05, 0.1) is 0 Å². The SMILES string of the molecule is Cc1ccc(C23CCCCCC2(C(=O)OC2CC2)O3)cc1. The first-order chi connectivity index (χ1) is 10.2. The van der Waals surface area contributed by atoms with Crippen LogP contribution in [0.25, 0.3) is 0 Å². The molecule has 3 fully saturated rings. The van der Waals surface area contributed by atoms with Crippen LogP contribution < -0.4 is 0 Å². The third-order valence-electron chi connectivity index (χ3n) is 5.16. The summed E-state index contributed by atoms with van der Waals surface area (Å²) in [6.45, 7) is 2.08. The van der Waals surface area contributed by atoms with Crippen LogP contribution in [0.2, 0.25) is 0 Å². The zero-order chi connectivity index (χ0) is 14.5. The number of hydrogen-bond donors (Lipinski definition) is 0. The fourth-order valence-corrected chi connectivity index (χ4v) is 3.70. The van der Waals surface area contributed by atoms with Gasteiger partial charge in [-0.1, -0.05) is 42.7 Å². The summed E-state index contributed by atoms with van der Waals surface area (Å²) in [5.41, 5.74) is 1.24. The maximum absolute atomic E-state index is 12.7. The second-order valence-electron chi connectivity index (χ2n) is 6.79. The Balaban J connectivity index is 1.67. The number of rotatable bonds is 3. The Morgan fingerprint density at radius 3 is 2.57 bits per heavy atom. The van der Waals surface area contributed by atoms with Crippen molar-refractivity contribution in [3.05, 3.63) is 35.4 Å². The number of benzene rings is 1. The van der Waals surface area contributed by atoms with Gasteiger partial charge in [0.2, 0.25) is 0 Å². The summed E-state index contributed by atoms with van der Waals surface area (Å²) in [6.07, 6.45) is 7.24. The van der Waals surface area contributed by atoms with Crippen molar-refractivity contribution in [3.63, 3.8) is 0 Å². The molecular weight excluding hydrogens is 264 g/mol. The number of ether oxygens (including phenoxy) is 2. The maximum Gasteiger partial charge on any atom is 0.342 e. The molecular formula is C18H22O3. The van der Waals surface area contributed by atoms with Crippen molar-refractivity contribution in [1.29, 1.82) is 0 Å². The number of carbonyl (C=O) groups is 1. The Hall–Kier alpha value is -1.35. The summed E-state index contributed by atoms with van der Waals surface area (Å²) in [5.74, 6) is -0.118. The molecule has 1 aromatic rings. The second kappa shape index (κ2) is 4.57. The van der Waals surface area contributed by atoms with E-state index in [1.165, 1.54) is 12.0 Å². The number of fused-ring (bicyclic) bond motifs is 1. The average Bonchev–Trinajstić information content (AvgIpc) is 3.32. The van der Waals surface area contributed by atoms with Gasteiger partial charge < -0.3 is 9.47 Å². The number of epoxide rings is 1. The minimum Gasteiger partial charge on any atom is -0.460 e. The molecule has 0 radical (unpaired) electrons. The van der Waals surface area contributed by atoms with E-state index in [0.717, 1.165) is 44.1 Å². The smallest absolute Gasteiger partial charge is 0.342 e. The Bertz CT molecular complexity index is 560. The summed E-state index contributed by atoms with van der Waals surface area (Å²) in [6, 6.07) is 8.45. The van der Waals surface area contributed by atoms with Crippen molar-refractivity contribution in [1.82, 2.24) is 0 Å². The highest BCUT2D eigenvalue weighted by molar-refractivity contribution is 5.86. The third-order valence-corrected chi connectivity index (χ3v) is 5.16. The Labute approximate surface area is 125 Å². The summed E-state index contributed by atoms with van der Waals surface area (Å²) < 4.78 is 11.8. The van der Waals surface area contributed by atoms with Crippen molar-refractivity contribution in [2.24, 2.45) is 0 Å². The Morgan fingerprint density at radius 1 is 1.14 bits per heavy atom. The molecule has 0 spiro atoms. The van der Waals surface area contributed by atoms with E-state index in [9.17, 15) is 4.79 Å². The van der Waals surface area contributed by atoms with Crippen molar-refractivity contribution < 1.29 is 14.3 Å². The molecule has 3 nitrogen and oxygen atoms in total. The van der Waals surface area contributed by atoms with E-state index in [4.69, 9.17) is 9.47 Å². The zero-order valence-corrected chi connectivity index (χ0v) is 12.6. The first kappa shape index (κ1) is 13.3. The number of hydrogen-bond acceptors (Lipinski definition) is 3. The van der Waals surface area contributed by atoms with E-state index in [1.807, 2.05) is 0 Å². The monoisotopic (exact) mass is 286 g/mol. The average molecular weight is 286 g/mol. The molecule has 21 heavy (non-hydrogen) atoms. The molecule has 0 aromatic heterocycles. The van der Waals surface area contributed by atoms with E-state index in [1.54, 1.807) is 0 Å². The summed E-state index contributed by atoms with van der Waals surface area (Å²) in [7, 11) is 0. The molecule has 1 heterocycles. The molecule has 2 saturated carbocycles. The fraction of sp³-hybridized carbons (Fsp3) is 0.611. The van der Waals surface area contributed by atoms with E-state index >= 15 is 0 Å². The molecule has 0 N–H and O–H groups in total. The fourth-order valence-electron chi connectivity index (χ4n) is 3.70. The summed E-state index contributed by atoms with van der Waals surface area (Å²) in [5, 5.41) is 0. The molecule has 2 unspecified atom stereocenters. The molecule has 1 saturated heterocycles. The van der Waals surface area contributed by atoms with Gasteiger partial charge >= 0.3 is 5.97 Å². The number of esters is 1. The lowest BCUT2D eigenvalue weighted by molar-refractivity contribution is -0.151. The molecule has 3 heteroatoms. The predicted molar refractivity (Wildman–Crippen MR) is 78.9 cm³/mol. The summed E-state index contributed by atoms with van der Waals surface area (Å²) in [4.78, 5) is 12.7. The normalized spacial score (nSPS) is 34.7. The zero-order valence-electron chi connectivity index (χ0n) is 12.6. The highest BCUT2D eigenvalue weighted by Gasteiger charge is 2.76. The molecule has 0 amide bonds. The van der Waals surface area contributed by atoms with Crippen molar-refractivity contribution in [3.8, 4) is 0 Å². The molecule has 1 aliphatic heterocycles. The molecule has 112 valence electrons. The van der Waals surface area contributed by atoms with Crippen LogP contribution in [-0.2, 0) is 19.9 Å². The van der Waals surface area contributed by atoms with Gasteiger partial charge in [-0.3, -0.25) is 0 Å². The van der Waals surface area contributed by atoms with Gasteiger partial charge in [0.25, 0.3) is 0 Å².